The molecule has 0 fully saturated rings. The van der Waals surface area contributed by atoms with Crippen molar-refractivity contribution < 1.29 is 8.68 Å². The van der Waals surface area contributed by atoms with Crippen LogP contribution in [-0.2, 0) is 20.6 Å². The molecule has 0 aromatic carbocycles. The predicted octanol–water partition coefficient (Wildman–Crippen LogP) is 1.78. The first-order valence-corrected chi connectivity index (χ1v) is 6.81. The summed E-state index contributed by atoms with van der Waals surface area (Å²) in [5.74, 6) is 0.672. The molecule has 5 heterocycles. The number of hydrogen-bond donors (Lipinski definition) is 0. The average molecular weight is 279 g/mol. The maximum atomic E-state index is 8.09. The number of nitrogens with zero attached hydrogens (tertiary/aromatic N) is 5. The molecule has 0 saturated heterocycles. The molecule has 21 heavy (non-hydrogen) atoms. The van der Waals surface area contributed by atoms with Crippen LogP contribution in [0.4, 0.5) is 0 Å². The number of fused-ring (bicyclic) bond motifs is 7. The molecule has 102 valence electrons. The summed E-state index contributed by atoms with van der Waals surface area (Å²) in [4.78, 5) is 8.87. The fourth-order valence-electron chi connectivity index (χ4n) is 3.40. The molecule has 0 aliphatic carbocycles. The molecule has 5 nitrogen and oxygen atoms in total. The number of rotatable bonds is 0. The Bertz CT molecular complexity index is 1140. The van der Waals surface area contributed by atoms with Crippen molar-refractivity contribution >= 4 is 22.2 Å². The van der Waals surface area contributed by atoms with E-state index in [-0.39, 0.29) is 0 Å². The standard InChI is InChI=1S/C16H14N5/c1-19-12-6-4-8-18-13(12)14-16(19)21-9-11-10(5-3-7-17-11)15(21)20(14)2/h3-8H,9H2,1-2H3/q+1/i2D3. The zero-order chi connectivity index (χ0) is 16.6. The lowest BCUT2D eigenvalue weighted by molar-refractivity contribution is -0.649. The van der Waals surface area contributed by atoms with Crippen molar-refractivity contribution in [3.8, 4) is 11.4 Å². The van der Waals surface area contributed by atoms with Gasteiger partial charge in [-0.1, -0.05) is 0 Å². The molecule has 0 spiro atoms. The molecular weight excluding hydrogens is 262 g/mol. The summed E-state index contributed by atoms with van der Waals surface area (Å²) >= 11 is 0. The first-order valence-electron chi connectivity index (χ1n) is 8.31. The van der Waals surface area contributed by atoms with Crippen LogP contribution in [0, 0.1) is 0 Å². The summed E-state index contributed by atoms with van der Waals surface area (Å²) in [5, 5.41) is 0. The quantitative estimate of drug-likeness (QED) is 0.405. The molecule has 0 amide bonds. The van der Waals surface area contributed by atoms with Crippen LogP contribution in [0.2, 0.25) is 0 Å². The number of aryl methyl sites for hydroxylation is 2. The predicted molar refractivity (Wildman–Crippen MR) is 79.7 cm³/mol. The summed E-state index contributed by atoms with van der Waals surface area (Å²) in [6, 6.07) is 7.59. The van der Waals surface area contributed by atoms with Crippen molar-refractivity contribution in [2.24, 2.45) is 14.0 Å². The minimum Gasteiger partial charge on any atom is -0.257 e. The molecule has 0 bridgehead atoms. The Morgan fingerprint density at radius 3 is 2.95 bits per heavy atom. The van der Waals surface area contributed by atoms with Gasteiger partial charge in [-0.15, -0.1) is 0 Å². The van der Waals surface area contributed by atoms with Gasteiger partial charge in [0, 0.05) is 12.4 Å². The Morgan fingerprint density at radius 2 is 2.05 bits per heavy atom. The van der Waals surface area contributed by atoms with E-state index in [2.05, 4.69) is 9.97 Å². The van der Waals surface area contributed by atoms with Gasteiger partial charge in [0.1, 0.15) is 17.6 Å². The van der Waals surface area contributed by atoms with Crippen LogP contribution in [0.15, 0.2) is 36.7 Å². The molecular formula is C16H14N5+. The minimum atomic E-state index is -2.30. The van der Waals surface area contributed by atoms with Gasteiger partial charge < -0.3 is 0 Å². The van der Waals surface area contributed by atoms with Gasteiger partial charge in [-0.2, -0.15) is 0 Å². The van der Waals surface area contributed by atoms with Gasteiger partial charge in [0.05, 0.1) is 29.4 Å². The van der Waals surface area contributed by atoms with E-state index >= 15 is 0 Å². The molecule has 0 atom stereocenters. The molecule has 4 aromatic heterocycles. The van der Waals surface area contributed by atoms with Crippen molar-refractivity contribution in [2.75, 3.05) is 0 Å². The zero-order valence-corrected chi connectivity index (χ0v) is 11.4. The Balaban J connectivity index is 2.05. The average Bonchev–Trinajstić information content (AvgIpc) is 3.15. The van der Waals surface area contributed by atoms with Gasteiger partial charge >= 0.3 is 0 Å². The van der Waals surface area contributed by atoms with Crippen molar-refractivity contribution in [3.05, 3.63) is 42.4 Å². The van der Waals surface area contributed by atoms with Crippen molar-refractivity contribution in [3.63, 3.8) is 0 Å². The Hall–Kier alpha value is -2.69. The highest BCUT2D eigenvalue weighted by atomic mass is 15.3. The third-order valence-corrected chi connectivity index (χ3v) is 4.29. The summed E-state index contributed by atoms with van der Waals surface area (Å²) in [6.45, 7) is -1.74. The second-order valence-corrected chi connectivity index (χ2v) is 5.35. The Morgan fingerprint density at radius 1 is 1.19 bits per heavy atom. The normalized spacial score (nSPS) is 15.8. The lowest BCUT2D eigenvalue weighted by Gasteiger charge is -1.97. The number of imidazole rings is 1. The molecule has 0 saturated carbocycles. The second-order valence-electron chi connectivity index (χ2n) is 5.35. The zero-order valence-electron chi connectivity index (χ0n) is 14.4. The van der Waals surface area contributed by atoms with Crippen molar-refractivity contribution in [2.45, 2.75) is 6.54 Å². The van der Waals surface area contributed by atoms with Crippen LogP contribution in [-0.4, -0.2) is 19.1 Å². The fraction of sp³-hybridized carbons (Fsp3) is 0.188. The summed E-state index contributed by atoms with van der Waals surface area (Å²) in [6.07, 6.45) is 3.44. The summed E-state index contributed by atoms with van der Waals surface area (Å²) in [7, 11) is 1.94. The third kappa shape index (κ3) is 1.15. The first kappa shape index (κ1) is 8.56. The molecule has 5 heteroatoms. The van der Waals surface area contributed by atoms with Gasteiger partial charge in [0.15, 0.2) is 0 Å². The van der Waals surface area contributed by atoms with Crippen LogP contribution in [0.1, 0.15) is 9.81 Å². The summed E-state index contributed by atoms with van der Waals surface area (Å²) in [5.41, 5.74) is 4.89. The number of hydrogen-bond acceptors (Lipinski definition) is 2. The highest BCUT2D eigenvalue weighted by molar-refractivity contribution is 6.02. The van der Waals surface area contributed by atoms with E-state index in [0.29, 0.717) is 23.4 Å². The largest absolute Gasteiger partial charge is 0.271 e. The molecule has 0 radical (unpaired) electrons. The van der Waals surface area contributed by atoms with Crippen LogP contribution in [0.25, 0.3) is 33.6 Å². The molecule has 0 N–H and O–H groups in total. The molecule has 5 rings (SSSR count). The second kappa shape index (κ2) is 3.49. The van der Waals surface area contributed by atoms with E-state index in [9.17, 15) is 0 Å². The number of pyridine rings is 2. The smallest absolute Gasteiger partial charge is 0.257 e. The SMILES string of the molecule is [2H]C([2H])([2H])n1c2[n+](c3c1c1ncccc1n3C)Cc1ncccc1-2. The van der Waals surface area contributed by atoms with E-state index in [0.717, 1.165) is 22.4 Å². The highest BCUT2D eigenvalue weighted by Crippen LogP contribution is 2.33. The Kier molecular flexibility index (Phi) is 1.42. The first-order chi connectivity index (χ1) is 11.5. The highest BCUT2D eigenvalue weighted by Gasteiger charge is 2.35. The van der Waals surface area contributed by atoms with Gasteiger partial charge in [-0.05, 0) is 24.3 Å². The van der Waals surface area contributed by atoms with Crippen LogP contribution < -0.4 is 4.57 Å². The monoisotopic (exact) mass is 279 g/mol. The van der Waals surface area contributed by atoms with Crippen molar-refractivity contribution in [1.29, 1.82) is 0 Å². The molecule has 0 unspecified atom stereocenters. The Labute approximate surface area is 125 Å². The van der Waals surface area contributed by atoms with E-state index in [1.807, 2.05) is 40.4 Å². The lowest BCUT2D eigenvalue weighted by Crippen LogP contribution is -2.33. The van der Waals surface area contributed by atoms with Gasteiger partial charge in [0.2, 0.25) is 11.3 Å². The fourth-order valence-corrected chi connectivity index (χ4v) is 3.40. The molecule has 1 aliphatic rings. The van der Waals surface area contributed by atoms with Crippen LogP contribution in [0.3, 0.4) is 0 Å². The summed E-state index contributed by atoms with van der Waals surface area (Å²) < 4.78 is 29.7. The van der Waals surface area contributed by atoms with Gasteiger partial charge in [0.25, 0.3) is 5.65 Å². The maximum absolute atomic E-state index is 8.09. The number of aromatic nitrogens is 5. The topological polar surface area (TPSA) is 39.5 Å². The minimum absolute atomic E-state index is 0.565. The van der Waals surface area contributed by atoms with Crippen molar-refractivity contribution in [1.82, 2.24) is 19.1 Å². The maximum Gasteiger partial charge on any atom is 0.271 e. The van der Waals surface area contributed by atoms with Crippen LogP contribution >= 0.6 is 0 Å². The van der Waals surface area contributed by atoms with E-state index < -0.39 is 6.98 Å². The van der Waals surface area contributed by atoms with Crippen LogP contribution in [0.5, 0.6) is 0 Å². The van der Waals surface area contributed by atoms with Gasteiger partial charge in [-0.3, -0.25) is 14.1 Å². The van der Waals surface area contributed by atoms with E-state index in [4.69, 9.17) is 4.11 Å². The van der Waals surface area contributed by atoms with Gasteiger partial charge in [-0.25, -0.2) is 9.55 Å². The molecule has 4 aromatic rings. The molecule has 1 aliphatic heterocycles. The lowest BCUT2D eigenvalue weighted by atomic mass is 10.2. The third-order valence-electron chi connectivity index (χ3n) is 4.29. The van der Waals surface area contributed by atoms with E-state index in [1.54, 1.807) is 12.4 Å². The van der Waals surface area contributed by atoms with E-state index in [1.165, 1.54) is 4.57 Å².